The largest absolute Gasteiger partial charge is 0.461 e. The molecule has 2 nitrogen and oxygen atoms in total. The number of rotatable bonds is 8. The first kappa shape index (κ1) is 25.6. The molecule has 0 unspecified atom stereocenters. The van der Waals surface area contributed by atoms with E-state index in [2.05, 4.69) is 79.7 Å². The Bertz CT molecular complexity index is 1380. The number of hydrogen-bond donors (Lipinski definition) is 0. The molecule has 0 spiro atoms. The monoisotopic (exact) mass is 514 g/mol. The van der Waals surface area contributed by atoms with Crippen LogP contribution >= 0.6 is 0 Å². The molecule has 6 rings (SSSR count). The molecule has 0 amide bonds. The second-order valence-electron chi connectivity index (χ2n) is 11.6. The van der Waals surface area contributed by atoms with Crippen molar-refractivity contribution >= 4 is 5.97 Å². The molecule has 2 atom stereocenters. The van der Waals surface area contributed by atoms with Gasteiger partial charge in [-0.15, -0.1) is 0 Å². The summed E-state index contributed by atoms with van der Waals surface area (Å²) in [6.07, 6.45) is 6.46. The number of hydrogen-bond acceptors (Lipinski definition) is 2. The van der Waals surface area contributed by atoms with Gasteiger partial charge in [-0.05, 0) is 90.7 Å². The maximum Gasteiger partial charge on any atom is 0.309 e. The molecule has 0 aromatic heterocycles. The molecule has 198 valence electrons. The van der Waals surface area contributed by atoms with Crippen LogP contribution < -0.4 is 0 Å². The molecule has 0 radical (unpaired) electrons. The van der Waals surface area contributed by atoms with Crippen LogP contribution in [0.1, 0.15) is 76.5 Å². The van der Waals surface area contributed by atoms with Gasteiger partial charge in [0.2, 0.25) is 0 Å². The van der Waals surface area contributed by atoms with Crippen LogP contribution in [0.5, 0.6) is 0 Å². The Balaban J connectivity index is 1.07. The van der Waals surface area contributed by atoms with Crippen LogP contribution in [0, 0.1) is 18.8 Å². The van der Waals surface area contributed by atoms with Crippen LogP contribution in [0.25, 0.3) is 0 Å². The zero-order chi connectivity index (χ0) is 26.6. The molecule has 1 saturated carbocycles. The second kappa shape index (κ2) is 11.6. The van der Waals surface area contributed by atoms with Gasteiger partial charge in [0.15, 0.2) is 0 Å². The molecule has 0 N–H and O–H groups in total. The molecule has 2 aliphatic carbocycles. The summed E-state index contributed by atoms with van der Waals surface area (Å²) in [6, 6.07) is 37.4. The van der Waals surface area contributed by atoms with E-state index < -0.39 is 0 Å². The van der Waals surface area contributed by atoms with E-state index in [0.29, 0.717) is 24.4 Å². The SMILES string of the molecule is Cc1ccc2c(c1)CC[C@H](c1ccccc1)[C@@H]2c1ccc(CCC2CC(C(=O)OCc3ccccc3)C2)cc1. The number of ether oxygens (including phenoxy) is 1. The molecule has 1 fully saturated rings. The maximum absolute atomic E-state index is 12.4. The third-order valence-electron chi connectivity index (χ3n) is 8.96. The smallest absolute Gasteiger partial charge is 0.309 e. The van der Waals surface area contributed by atoms with Crippen molar-refractivity contribution in [1.82, 2.24) is 0 Å². The lowest BCUT2D eigenvalue weighted by Crippen LogP contribution is -2.32. The van der Waals surface area contributed by atoms with E-state index in [1.54, 1.807) is 0 Å². The third-order valence-corrected chi connectivity index (χ3v) is 8.96. The summed E-state index contributed by atoms with van der Waals surface area (Å²) < 4.78 is 5.55. The van der Waals surface area contributed by atoms with Gasteiger partial charge in [0.1, 0.15) is 6.61 Å². The van der Waals surface area contributed by atoms with Crippen molar-refractivity contribution in [2.24, 2.45) is 11.8 Å². The van der Waals surface area contributed by atoms with E-state index in [4.69, 9.17) is 4.74 Å². The Morgan fingerprint density at radius 2 is 1.51 bits per heavy atom. The van der Waals surface area contributed by atoms with Gasteiger partial charge < -0.3 is 4.74 Å². The lowest BCUT2D eigenvalue weighted by molar-refractivity contribution is -0.154. The number of carbonyl (C=O) groups is 1. The predicted molar refractivity (Wildman–Crippen MR) is 158 cm³/mol. The number of benzene rings is 4. The van der Waals surface area contributed by atoms with Gasteiger partial charge in [-0.3, -0.25) is 4.79 Å². The van der Waals surface area contributed by atoms with Crippen molar-refractivity contribution in [1.29, 1.82) is 0 Å². The standard InChI is InChI=1S/C37H38O2/c1-26-12-20-35-32(22-26)19-21-34(30-10-6-3-7-11-30)36(35)31-17-15-27(16-18-31)13-14-29-23-33(24-29)37(38)39-25-28-8-4-2-5-9-28/h2-12,15-18,20,22,29,33-34,36H,13-14,19,21,23-25H2,1H3/t29?,33?,34-,36+/m1/s1. The van der Waals surface area contributed by atoms with Crippen molar-refractivity contribution in [3.8, 4) is 0 Å². The van der Waals surface area contributed by atoms with Crippen LogP contribution in [0.15, 0.2) is 103 Å². The first-order valence-corrected chi connectivity index (χ1v) is 14.6. The zero-order valence-electron chi connectivity index (χ0n) is 22.9. The van der Waals surface area contributed by atoms with Gasteiger partial charge in [-0.2, -0.15) is 0 Å². The summed E-state index contributed by atoms with van der Waals surface area (Å²) in [7, 11) is 0. The molecular weight excluding hydrogens is 476 g/mol. The fraction of sp³-hybridized carbons (Fsp3) is 0.324. The molecule has 0 heterocycles. The first-order valence-electron chi connectivity index (χ1n) is 14.6. The molecule has 2 heteroatoms. The van der Waals surface area contributed by atoms with Crippen LogP contribution in [-0.4, -0.2) is 5.97 Å². The maximum atomic E-state index is 12.4. The second-order valence-corrected chi connectivity index (χ2v) is 11.6. The highest BCUT2D eigenvalue weighted by atomic mass is 16.5. The van der Waals surface area contributed by atoms with Crippen molar-refractivity contribution in [3.05, 3.63) is 142 Å². The Morgan fingerprint density at radius 1 is 0.795 bits per heavy atom. The molecule has 0 saturated heterocycles. The number of carbonyl (C=O) groups excluding carboxylic acids is 1. The van der Waals surface area contributed by atoms with E-state index in [1.807, 2.05) is 30.3 Å². The van der Waals surface area contributed by atoms with Crippen molar-refractivity contribution < 1.29 is 9.53 Å². The third kappa shape index (κ3) is 5.86. The van der Waals surface area contributed by atoms with Gasteiger partial charge >= 0.3 is 5.97 Å². The minimum atomic E-state index is -0.0321. The Labute approximate surface area is 233 Å². The lowest BCUT2D eigenvalue weighted by atomic mass is 9.69. The zero-order valence-corrected chi connectivity index (χ0v) is 22.9. The minimum Gasteiger partial charge on any atom is -0.461 e. The highest BCUT2D eigenvalue weighted by molar-refractivity contribution is 5.73. The van der Waals surface area contributed by atoms with Gasteiger partial charge in [0.05, 0.1) is 5.92 Å². The van der Waals surface area contributed by atoms with Crippen molar-refractivity contribution in [2.75, 3.05) is 0 Å². The topological polar surface area (TPSA) is 26.3 Å². The molecule has 0 bridgehead atoms. The fourth-order valence-corrected chi connectivity index (χ4v) is 6.69. The van der Waals surface area contributed by atoms with Crippen LogP contribution in [-0.2, 0) is 29.0 Å². The summed E-state index contributed by atoms with van der Waals surface area (Å²) in [5.74, 6) is 1.55. The molecule has 39 heavy (non-hydrogen) atoms. The fourth-order valence-electron chi connectivity index (χ4n) is 6.69. The van der Waals surface area contributed by atoms with E-state index in [1.165, 1.54) is 39.8 Å². The molecule has 0 aliphatic heterocycles. The highest BCUT2D eigenvalue weighted by Crippen LogP contribution is 2.46. The highest BCUT2D eigenvalue weighted by Gasteiger charge is 2.35. The van der Waals surface area contributed by atoms with E-state index >= 15 is 0 Å². The molecular formula is C37H38O2. The van der Waals surface area contributed by atoms with Crippen molar-refractivity contribution in [3.63, 3.8) is 0 Å². The summed E-state index contributed by atoms with van der Waals surface area (Å²) in [4.78, 5) is 12.4. The average molecular weight is 515 g/mol. The molecule has 4 aromatic rings. The van der Waals surface area contributed by atoms with Gasteiger partial charge in [0, 0.05) is 5.92 Å². The van der Waals surface area contributed by atoms with Gasteiger partial charge in [-0.25, -0.2) is 0 Å². The molecule has 4 aromatic carbocycles. The number of esters is 1. The summed E-state index contributed by atoms with van der Waals surface area (Å²) in [5.41, 5.74) is 9.66. The normalized spacial score (nSPS) is 22.0. The first-order chi connectivity index (χ1) is 19.1. The Kier molecular flexibility index (Phi) is 7.63. The lowest BCUT2D eigenvalue weighted by Gasteiger charge is -2.35. The Morgan fingerprint density at radius 3 is 2.26 bits per heavy atom. The quantitative estimate of drug-likeness (QED) is 0.220. The average Bonchev–Trinajstić information content (AvgIpc) is 2.96. The number of aryl methyl sites for hydroxylation is 3. The van der Waals surface area contributed by atoms with E-state index in [0.717, 1.165) is 37.7 Å². The van der Waals surface area contributed by atoms with Gasteiger partial charge in [-0.1, -0.05) is 109 Å². The van der Waals surface area contributed by atoms with Crippen LogP contribution in [0.4, 0.5) is 0 Å². The Hall–Kier alpha value is -3.65. The summed E-state index contributed by atoms with van der Waals surface area (Å²) >= 11 is 0. The minimum absolute atomic E-state index is 0.0321. The van der Waals surface area contributed by atoms with Crippen LogP contribution in [0.3, 0.4) is 0 Å². The van der Waals surface area contributed by atoms with E-state index in [-0.39, 0.29) is 11.9 Å². The van der Waals surface area contributed by atoms with Crippen LogP contribution in [0.2, 0.25) is 0 Å². The van der Waals surface area contributed by atoms with E-state index in [9.17, 15) is 4.79 Å². The molecule has 2 aliphatic rings. The summed E-state index contributed by atoms with van der Waals surface area (Å²) in [5, 5.41) is 0. The van der Waals surface area contributed by atoms with Gasteiger partial charge in [0.25, 0.3) is 0 Å². The number of fused-ring (bicyclic) bond motifs is 1. The predicted octanol–water partition coefficient (Wildman–Crippen LogP) is 8.56. The summed E-state index contributed by atoms with van der Waals surface area (Å²) in [6.45, 7) is 2.58. The van der Waals surface area contributed by atoms with Crippen molar-refractivity contribution in [2.45, 2.75) is 63.9 Å².